The van der Waals surface area contributed by atoms with Gasteiger partial charge in [-0.05, 0) is 0 Å². The maximum absolute atomic E-state index is 4.01. The van der Waals surface area contributed by atoms with Gasteiger partial charge in [0.2, 0.25) is 0 Å². The van der Waals surface area contributed by atoms with Crippen LogP contribution in [-0.2, 0) is 0 Å². The van der Waals surface area contributed by atoms with Crippen LogP contribution in [0.4, 0.5) is 0 Å². The third-order valence-electron chi connectivity index (χ3n) is 1.26. The smallest absolute Gasteiger partial charge is 0.665 e. The Labute approximate surface area is 113 Å². The zero-order chi connectivity index (χ0) is 11.8. The van der Waals surface area contributed by atoms with Crippen LogP contribution in [0.1, 0.15) is 41.5 Å². The fourth-order valence-corrected chi connectivity index (χ4v) is 0.949. The van der Waals surface area contributed by atoms with Crippen LogP contribution in [0.3, 0.4) is 0 Å². The molecule has 0 saturated heterocycles. The van der Waals surface area contributed by atoms with Crippen molar-refractivity contribution in [2.24, 2.45) is 10.8 Å². The molecule has 0 N–H and O–H groups in total. The molecule has 0 heterocycles. The van der Waals surface area contributed by atoms with Gasteiger partial charge in [0.15, 0.2) is 0 Å². The van der Waals surface area contributed by atoms with Crippen molar-refractivity contribution in [2.45, 2.75) is 41.5 Å². The molecule has 0 bridgehead atoms. The molecule has 0 spiro atoms. The molecular weight excluding hydrogens is 196 g/mol. The normalized spacial score (nSPS) is 11.2. The van der Waals surface area contributed by atoms with Gasteiger partial charge in [-0.25, -0.2) is 0 Å². The second kappa shape index (κ2) is 9.88. The first-order valence-corrected chi connectivity index (χ1v) is 5.23. The van der Waals surface area contributed by atoms with Crippen LogP contribution in [0.15, 0.2) is 0 Å². The minimum atomic E-state index is 0. The largest absolute Gasteiger partial charge is 2.00 e. The van der Waals surface area contributed by atoms with Crippen molar-refractivity contribution in [1.82, 2.24) is 0 Å². The molecule has 15 heavy (non-hydrogen) atoms. The van der Waals surface area contributed by atoms with E-state index < -0.39 is 0 Å². The molecule has 0 atom stereocenters. The van der Waals surface area contributed by atoms with Crippen molar-refractivity contribution in [3.8, 4) is 0 Å². The molecule has 2 nitrogen and oxygen atoms in total. The molecule has 0 amide bonds. The number of rotatable bonds is 2. The van der Waals surface area contributed by atoms with Crippen LogP contribution in [-0.4, -0.2) is 50.2 Å². The third kappa shape index (κ3) is 31.3. The zero-order valence-electron chi connectivity index (χ0n) is 12.0. The Morgan fingerprint density at radius 3 is 0.867 bits per heavy atom. The van der Waals surface area contributed by atoms with E-state index in [1.54, 1.807) is 0 Å². The van der Waals surface area contributed by atoms with Crippen molar-refractivity contribution in [1.29, 1.82) is 0 Å². The summed E-state index contributed by atoms with van der Waals surface area (Å²) >= 11 is 0. The van der Waals surface area contributed by atoms with Crippen molar-refractivity contribution in [3.05, 3.63) is 10.6 Å². The summed E-state index contributed by atoms with van der Waals surface area (Å²) in [5.74, 6) is 0. The summed E-state index contributed by atoms with van der Waals surface area (Å²) in [7, 11) is 3.70. The molecule has 0 unspecified atom stereocenters. The van der Waals surface area contributed by atoms with E-state index in [1.807, 2.05) is 14.1 Å². The van der Waals surface area contributed by atoms with E-state index in [2.05, 4.69) is 52.2 Å². The molecule has 0 aliphatic heterocycles. The van der Waals surface area contributed by atoms with E-state index in [0.29, 0.717) is 10.8 Å². The Bertz CT molecular complexity index is 107. The zero-order valence-corrected chi connectivity index (χ0v) is 13.4. The van der Waals surface area contributed by atoms with Gasteiger partial charge in [-0.3, -0.25) is 0 Å². The first kappa shape index (κ1) is 21.0. The summed E-state index contributed by atoms with van der Waals surface area (Å²) in [6.45, 7) is 15.0. The summed E-state index contributed by atoms with van der Waals surface area (Å²) in [5.41, 5.74) is 0.767. The van der Waals surface area contributed by atoms with Crippen LogP contribution in [0.2, 0.25) is 0 Å². The van der Waals surface area contributed by atoms with E-state index in [4.69, 9.17) is 0 Å². The second-order valence-electron chi connectivity index (χ2n) is 6.07. The van der Waals surface area contributed by atoms with E-state index in [1.165, 1.54) is 0 Å². The Morgan fingerprint density at radius 1 is 0.667 bits per heavy atom. The predicted molar refractivity (Wildman–Crippen MR) is 73.0 cm³/mol. The Kier molecular flexibility index (Phi) is 13.8. The third-order valence-corrected chi connectivity index (χ3v) is 1.26. The monoisotopic (exact) mass is 224 g/mol. The topological polar surface area (TPSA) is 28.2 Å². The van der Waals surface area contributed by atoms with Gasteiger partial charge in [-0.1, -0.05) is 52.4 Å². The van der Waals surface area contributed by atoms with Crippen molar-refractivity contribution in [2.75, 3.05) is 27.2 Å². The number of hydrogen-bond donors (Lipinski definition) is 0. The number of nitrogens with zero attached hydrogens (tertiary/aromatic N) is 2. The van der Waals surface area contributed by atoms with Gasteiger partial charge in [0, 0.05) is 0 Å². The maximum atomic E-state index is 4.01. The van der Waals surface area contributed by atoms with E-state index in [9.17, 15) is 0 Å². The van der Waals surface area contributed by atoms with Gasteiger partial charge in [-0.2, -0.15) is 14.1 Å². The molecule has 0 aromatic carbocycles. The Morgan fingerprint density at radius 2 is 0.867 bits per heavy atom. The first-order valence-electron chi connectivity index (χ1n) is 5.23. The molecule has 0 rings (SSSR count). The van der Waals surface area contributed by atoms with E-state index in [-0.39, 0.29) is 23.1 Å². The molecule has 0 aromatic heterocycles. The molecule has 0 aliphatic carbocycles. The van der Waals surface area contributed by atoms with Crippen LogP contribution in [0.25, 0.3) is 10.6 Å². The van der Waals surface area contributed by atoms with Crippen molar-refractivity contribution >= 4 is 23.1 Å². The van der Waals surface area contributed by atoms with Crippen LogP contribution >= 0.6 is 0 Å². The summed E-state index contributed by atoms with van der Waals surface area (Å²) in [4.78, 5) is 0. The minimum Gasteiger partial charge on any atom is -0.665 e. The average Bonchev–Trinajstić information content (AvgIpc) is 1.81. The molecule has 0 aliphatic rings. The van der Waals surface area contributed by atoms with Gasteiger partial charge in [0.25, 0.3) is 0 Å². The molecule has 0 radical (unpaired) electrons. The maximum Gasteiger partial charge on any atom is 2.00 e. The molecule has 88 valence electrons. The predicted octanol–water partition coefficient (Wildman–Crippen LogP) is 3.69. The van der Waals surface area contributed by atoms with Gasteiger partial charge >= 0.3 is 23.1 Å². The molecule has 0 aromatic rings. The SMILES string of the molecule is C[N-]CC(C)(C)C.C[N-]CC(C)(C)C.[Mg+2]. The molecular formula is C12H28MgN2. The summed E-state index contributed by atoms with van der Waals surface area (Å²) in [5, 5.41) is 8.01. The molecule has 0 saturated carbocycles. The van der Waals surface area contributed by atoms with Gasteiger partial charge < -0.3 is 10.6 Å². The fourth-order valence-electron chi connectivity index (χ4n) is 0.949. The van der Waals surface area contributed by atoms with Crippen LogP contribution in [0.5, 0.6) is 0 Å². The average molecular weight is 225 g/mol. The Balaban J connectivity index is -0.000000180. The standard InChI is InChI=1S/2C6H14N.Mg/c2*1-6(2,3)5-7-4;/h2*5H2,1-4H3;/q2*-1;+2. The van der Waals surface area contributed by atoms with E-state index >= 15 is 0 Å². The molecule has 3 heteroatoms. The van der Waals surface area contributed by atoms with Gasteiger partial charge in [0.1, 0.15) is 0 Å². The minimum absolute atomic E-state index is 0. The van der Waals surface area contributed by atoms with Crippen molar-refractivity contribution < 1.29 is 0 Å². The Hall–Kier alpha value is 0.686. The quantitative estimate of drug-likeness (QED) is 0.640. The summed E-state index contributed by atoms with van der Waals surface area (Å²) in [6, 6.07) is 0. The number of hydrogen-bond acceptors (Lipinski definition) is 0. The summed E-state index contributed by atoms with van der Waals surface area (Å²) < 4.78 is 0. The summed E-state index contributed by atoms with van der Waals surface area (Å²) in [6.07, 6.45) is 0. The van der Waals surface area contributed by atoms with Gasteiger partial charge in [-0.15, -0.1) is 13.1 Å². The van der Waals surface area contributed by atoms with Crippen molar-refractivity contribution in [3.63, 3.8) is 0 Å². The second-order valence-corrected chi connectivity index (χ2v) is 6.07. The fraction of sp³-hybridized carbons (Fsp3) is 1.00. The van der Waals surface area contributed by atoms with Gasteiger partial charge in [0.05, 0.1) is 0 Å². The van der Waals surface area contributed by atoms with Crippen LogP contribution < -0.4 is 0 Å². The first-order chi connectivity index (χ1) is 6.12. The van der Waals surface area contributed by atoms with Crippen LogP contribution in [0, 0.1) is 10.8 Å². The van der Waals surface area contributed by atoms with E-state index in [0.717, 1.165) is 13.1 Å². The molecule has 0 fully saturated rings.